The quantitative estimate of drug-likeness (QED) is 0.784. The summed E-state index contributed by atoms with van der Waals surface area (Å²) >= 11 is 0. The molecule has 0 heterocycles. The van der Waals surface area contributed by atoms with Crippen LogP contribution in [0.25, 0.3) is 0 Å². The highest BCUT2D eigenvalue weighted by Gasteiger charge is 2.12. The van der Waals surface area contributed by atoms with Gasteiger partial charge in [-0.1, -0.05) is 51.5 Å². The summed E-state index contributed by atoms with van der Waals surface area (Å²) in [4.78, 5) is 0. The zero-order chi connectivity index (χ0) is 12.8. The first kappa shape index (κ1) is 14.2. The Morgan fingerprint density at radius 2 is 1.88 bits per heavy atom. The number of benzene rings is 1. The van der Waals surface area contributed by atoms with E-state index < -0.39 is 0 Å². The summed E-state index contributed by atoms with van der Waals surface area (Å²) < 4.78 is 0. The van der Waals surface area contributed by atoms with Crippen molar-refractivity contribution in [3.05, 3.63) is 35.4 Å². The minimum absolute atomic E-state index is 0.203. The Morgan fingerprint density at radius 1 is 1.18 bits per heavy atom. The molecule has 0 aliphatic rings. The number of hydrogen-bond acceptors (Lipinski definition) is 1. The molecule has 1 heteroatoms. The molecule has 1 aromatic carbocycles. The molecule has 96 valence electrons. The van der Waals surface area contributed by atoms with Gasteiger partial charge in [-0.05, 0) is 42.7 Å². The molecule has 1 rings (SSSR count). The third kappa shape index (κ3) is 4.51. The van der Waals surface area contributed by atoms with E-state index in [1.165, 1.54) is 17.5 Å². The lowest BCUT2D eigenvalue weighted by molar-refractivity contribution is 0.185. The van der Waals surface area contributed by atoms with Gasteiger partial charge in [-0.3, -0.25) is 0 Å². The third-order valence-corrected chi connectivity index (χ3v) is 3.83. The summed E-state index contributed by atoms with van der Waals surface area (Å²) in [5.74, 6) is 1.34. The number of aryl methyl sites for hydroxylation is 1. The fourth-order valence-electron chi connectivity index (χ4n) is 2.09. The lowest BCUT2D eigenvalue weighted by Gasteiger charge is -2.19. The van der Waals surface area contributed by atoms with E-state index in [9.17, 15) is 5.11 Å². The average Bonchev–Trinajstić information content (AvgIpc) is 2.34. The first-order valence-electron chi connectivity index (χ1n) is 6.81. The van der Waals surface area contributed by atoms with Crippen molar-refractivity contribution in [3.63, 3.8) is 0 Å². The average molecular weight is 234 g/mol. The highest BCUT2D eigenvalue weighted by atomic mass is 16.3. The summed E-state index contributed by atoms with van der Waals surface area (Å²) in [5, 5.41) is 9.32. The molecule has 0 aromatic heterocycles. The molecular weight excluding hydrogens is 208 g/mol. The molecule has 0 aliphatic heterocycles. The normalized spacial score (nSPS) is 16.5. The highest BCUT2D eigenvalue weighted by molar-refractivity contribution is 5.26. The van der Waals surface area contributed by atoms with E-state index >= 15 is 0 Å². The van der Waals surface area contributed by atoms with Gasteiger partial charge < -0.3 is 5.11 Å². The molecular formula is C16H26O. The summed E-state index contributed by atoms with van der Waals surface area (Å²) in [7, 11) is 0. The van der Waals surface area contributed by atoms with E-state index in [-0.39, 0.29) is 6.10 Å². The Kier molecular flexibility index (Phi) is 5.70. The summed E-state index contributed by atoms with van der Waals surface area (Å²) in [6.07, 6.45) is 2.84. The monoisotopic (exact) mass is 234 g/mol. The van der Waals surface area contributed by atoms with Crippen LogP contribution >= 0.6 is 0 Å². The second kappa shape index (κ2) is 6.80. The first-order valence-corrected chi connectivity index (χ1v) is 6.81. The molecule has 3 atom stereocenters. The van der Waals surface area contributed by atoms with Gasteiger partial charge >= 0.3 is 0 Å². The third-order valence-electron chi connectivity index (χ3n) is 3.83. The van der Waals surface area contributed by atoms with E-state index in [2.05, 4.69) is 45.0 Å². The van der Waals surface area contributed by atoms with Crippen molar-refractivity contribution in [1.82, 2.24) is 0 Å². The van der Waals surface area contributed by atoms with Crippen LogP contribution in [0.3, 0.4) is 0 Å². The minimum Gasteiger partial charge on any atom is -0.393 e. The fourth-order valence-corrected chi connectivity index (χ4v) is 2.09. The molecule has 0 saturated carbocycles. The van der Waals surface area contributed by atoms with E-state index in [1.54, 1.807) is 0 Å². The topological polar surface area (TPSA) is 20.2 Å². The SMILES string of the molecule is CCC(C)C(C)c1cccc(CCC(C)O)c1. The Morgan fingerprint density at radius 3 is 2.47 bits per heavy atom. The number of rotatable bonds is 6. The summed E-state index contributed by atoms with van der Waals surface area (Å²) in [5.41, 5.74) is 2.78. The van der Waals surface area contributed by atoms with Crippen molar-refractivity contribution in [2.24, 2.45) is 5.92 Å². The van der Waals surface area contributed by atoms with Gasteiger partial charge in [0.05, 0.1) is 6.10 Å². The minimum atomic E-state index is -0.203. The molecule has 0 amide bonds. The van der Waals surface area contributed by atoms with Crippen LogP contribution in [0.15, 0.2) is 24.3 Å². The molecule has 3 unspecified atom stereocenters. The Labute approximate surface area is 106 Å². The highest BCUT2D eigenvalue weighted by Crippen LogP contribution is 2.27. The molecule has 0 spiro atoms. The maximum atomic E-state index is 9.32. The Balaban J connectivity index is 2.71. The van der Waals surface area contributed by atoms with Gasteiger partial charge in [0.25, 0.3) is 0 Å². The molecule has 17 heavy (non-hydrogen) atoms. The summed E-state index contributed by atoms with van der Waals surface area (Å²) in [6.45, 7) is 8.72. The molecule has 0 aliphatic carbocycles. The largest absolute Gasteiger partial charge is 0.393 e. The Bertz CT molecular complexity index is 330. The number of aliphatic hydroxyl groups excluding tert-OH is 1. The maximum Gasteiger partial charge on any atom is 0.0515 e. The van der Waals surface area contributed by atoms with E-state index in [0.717, 1.165) is 18.8 Å². The van der Waals surface area contributed by atoms with Crippen molar-refractivity contribution in [3.8, 4) is 0 Å². The van der Waals surface area contributed by atoms with Gasteiger partial charge in [-0.25, -0.2) is 0 Å². The van der Waals surface area contributed by atoms with Crippen LogP contribution in [0.1, 0.15) is 57.6 Å². The predicted molar refractivity (Wildman–Crippen MR) is 74.3 cm³/mol. The molecule has 1 aromatic rings. The van der Waals surface area contributed by atoms with Gasteiger partial charge in [0.1, 0.15) is 0 Å². The fraction of sp³-hybridized carbons (Fsp3) is 0.625. The lowest BCUT2D eigenvalue weighted by Crippen LogP contribution is -2.06. The van der Waals surface area contributed by atoms with Crippen LogP contribution < -0.4 is 0 Å². The van der Waals surface area contributed by atoms with E-state index in [4.69, 9.17) is 0 Å². The standard InChI is InChI=1S/C16H26O/c1-5-12(2)14(4)16-8-6-7-15(11-16)10-9-13(3)17/h6-8,11-14,17H,5,9-10H2,1-4H3. The van der Waals surface area contributed by atoms with Gasteiger partial charge in [0.15, 0.2) is 0 Å². The molecule has 0 fully saturated rings. The zero-order valence-corrected chi connectivity index (χ0v) is 11.6. The van der Waals surface area contributed by atoms with Crippen LogP contribution in [-0.4, -0.2) is 11.2 Å². The molecule has 0 bridgehead atoms. The van der Waals surface area contributed by atoms with Gasteiger partial charge in [-0.15, -0.1) is 0 Å². The molecule has 0 radical (unpaired) electrons. The van der Waals surface area contributed by atoms with Crippen LogP contribution in [0.2, 0.25) is 0 Å². The molecule has 0 saturated heterocycles. The van der Waals surface area contributed by atoms with E-state index in [0.29, 0.717) is 5.92 Å². The predicted octanol–water partition coefficient (Wildman–Crippen LogP) is 4.15. The molecule has 1 N–H and O–H groups in total. The Hall–Kier alpha value is -0.820. The van der Waals surface area contributed by atoms with E-state index in [1.807, 2.05) is 6.92 Å². The van der Waals surface area contributed by atoms with Gasteiger partial charge in [0, 0.05) is 0 Å². The smallest absolute Gasteiger partial charge is 0.0515 e. The van der Waals surface area contributed by atoms with Crippen LogP contribution in [-0.2, 0) is 6.42 Å². The first-order chi connectivity index (χ1) is 8.04. The van der Waals surface area contributed by atoms with Gasteiger partial charge in [0.2, 0.25) is 0 Å². The second-order valence-electron chi connectivity index (χ2n) is 5.31. The van der Waals surface area contributed by atoms with Crippen LogP contribution in [0.5, 0.6) is 0 Å². The van der Waals surface area contributed by atoms with Gasteiger partial charge in [-0.2, -0.15) is 0 Å². The maximum absolute atomic E-state index is 9.32. The van der Waals surface area contributed by atoms with Crippen molar-refractivity contribution >= 4 is 0 Å². The van der Waals surface area contributed by atoms with Crippen molar-refractivity contribution in [2.75, 3.05) is 0 Å². The van der Waals surface area contributed by atoms with Crippen LogP contribution in [0.4, 0.5) is 0 Å². The number of aliphatic hydroxyl groups is 1. The number of hydrogen-bond donors (Lipinski definition) is 1. The lowest BCUT2D eigenvalue weighted by atomic mass is 9.86. The van der Waals surface area contributed by atoms with Crippen molar-refractivity contribution in [1.29, 1.82) is 0 Å². The van der Waals surface area contributed by atoms with Crippen LogP contribution in [0, 0.1) is 5.92 Å². The van der Waals surface area contributed by atoms with Crippen molar-refractivity contribution in [2.45, 2.75) is 59.0 Å². The second-order valence-corrected chi connectivity index (χ2v) is 5.31. The summed E-state index contributed by atoms with van der Waals surface area (Å²) in [6, 6.07) is 8.84. The zero-order valence-electron chi connectivity index (χ0n) is 11.6. The molecule has 1 nitrogen and oxygen atoms in total. The van der Waals surface area contributed by atoms with Crippen molar-refractivity contribution < 1.29 is 5.11 Å².